The Morgan fingerprint density at radius 3 is 2.86 bits per heavy atom. The number of carbonyl (C=O) groups excluding carboxylic acids is 1. The van der Waals surface area contributed by atoms with Crippen LogP contribution in [0.2, 0.25) is 0 Å². The topological polar surface area (TPSA) is 30.0 Å². The van der Waals surface area contributed by atoms with Crippen molar-refractivity contribution in [1.82, 2.24) is 4.98 Å². The Balaban J connectivity index is 1.94. The van der Waals surface area contributed by atoms with Crippen LogP contribution in [0.4, 0.5) is 0 Å². The summed E-state index contributed by atoms with van der Waals surface area (Å²) in [7, 11) is 0. The average molecular weight is 207 g/mol. The molecule has 1 aromatic heterocycles. The predicted octanol–water partition coefficient (Wildman–Crippen LogP) is 2.69. The third-order valence-corrected chi connectivity index (χ3v) is 3.67. The first-order valence-corrected chi connectivity index (χ1v) is 5.81. The summed E-state index contributed by atoms with van der Waals surface area (Å²) in [6.07, 6.45) is 7.35. The fourth-order valence-electron chi connectivity index (χ4n) is 1.69. The lowest BCUT2D eigenvalue weighted by molar-refractivity contribution is -0.120. The van der Waals surface area contributed by atoms with Gasteiger partial charge in [-0.15, -0.1) is 11.8 Å². The van der Waals surface area contributed by atoms with Crippen LogP contribution in [0.1, 0.15) is 25.7 Å². The van der Waals surface area contributed by atoms with Crippen LogP contribution in [0.5, 0.6) is 0 Å². The zero-order valence-corrected chi connectivity index (χ0v) is 8.80. The molecule has 3 heteroatoms. The van der Waals surface area contributed by atoms with Crippen molar-refractivity contribution in [1.29, 1.82) is 0 Å². The predicted molar refractivity (Wildman–Crippen MR) is 57.4 cm³/mol. The SMILES string of the molecule is O=C1CCCC(Sc2ccncc2)C1. The smallest absolute Gasteiger partial charge is 0.134 e. The molecule has 0 bridgehead atoms. The zero-order valence-electron chi connectivity index (χ0n) is 7.98. The second kappa shape index (κ2) is 4.60. The molecule has 1 saturated carbocycles. The summed E-state index contributed by atoms with van der Waals surface area (Å²) < 4.78 is 0. The van der Waals surface area contributed by atoms with Crippen molar-refractivity contribution < 1.29 is 4.79 Å². The quantitative estimate of drug-likeness (QED) is 0.746. The summed E-state index contributed by atoms with van der Waals surface area (Å²) in [5.41, 5.74) is 0. The van der Waals surface area contributed by atoms with E-state index in [0.29, 0.717) is 11.0 Å². The second-order valence-electron chi connectivity index (χ2n) is 3.56. The molecule has 0 radical (unpaired) electrons. The highest BCUT2D eigenvalue weighted by molar-refractivity contribution is 8.00. The summed E-state index contributed by atoms with van der Waals surface area (Å²) in [5.74, 6) is 0.419. The monoisotopic (exact) mass is 207 g/mol. The van der Waals surface area contributed by atoms with Gasteiger partial charge < -0.3 is 0 Å². The van der Waals surface area contributed by atoms with Gasteiger partial charge in [0.1, 0.15) is 5.78 Å². The first kappa shape index (κ1) is 9.71. The normalized spacial score (nSPS) is 22.3. The number of pyridine rings is 1. The van der Waals surface area contributed by atoms with Gasteiger partial charge in [-0.2, -0.15) is 0 Å². The fourth-order valence-corrected chi connectivity index (χ4v) is 2.91. The molecule has 0 aliphatic heterocycles. The summed E-state index contributed by atoms with van der Waals surface area (Å²) >= 11 is 1.81. The molecular weight excluding hydrogens is 194 g/mol. The van der Waals surface area contributed by atoms with Crippen molar-refractivity contribution in [2.24, 2.45) is 0 Å². The lowest BCUT2D eigenvalue weighted by Gasteiger charge is -2.19. The standard InChI is InChI=1S/C11H13NOS/c13-9-2-1-3-11(8-9)14-10-4-6-12-7-5-10/h4-7,11H,1-3,8H2. The number of nitrogens with zero attached hydrogens (tertiary/aromatic N) is 1. The zero-order chi connectivity index (χ0) is 9.80. The number of hydrogen-bond acceptors (Lipinski definition) is 3. The maximum Gasteiger partial charge on any atom is 0.134 e. The highest BCUT2D eigenvalue weighted by atomic mass is 32.2. The Hall–Kier alpha value is -0.830. The molecule has 1 aliphatic rings. The highest BCUT2D eigenvalue weighted by Crippen LogP contribution is 2.31. The molecule has 1 atom stereocenters. The van der Waals surface area contributed by atoms with Gasteiger partial charge in [0.25, 0.3) is 0 Å². The first-order valence-electron chi connectivity index (χ1n) is 4.93. The third-order valence-electron chi connectivity index (χ3n) is 2.39. The van der Waals surface area contributed by atoms with E-state index in [2.05, 4.69) is 4.98 Å². The number of carbonyl (C=O) groups is 1. The second-order valence-corrected chi connectivity index (χ2v) is 4.93. The Bertz CT molecular complexity index is 312. The highest BCUT2D eigenvalue weighted by Gasteiger charge is 2.19. The van der Waals surface area contributed by atoms with Crippen LogP contribution in [0.25, 0.3) is 0 Å². The lowest BCUT2D eigenvalue weighted by atomic mass is 9.99. The maximum absolute atomic E-state index is 11.2. The summed E-state index contributed by atoms with van der Waals surface area (Å²) in [6, 6.07) is 4.01. The molecule has 0 spiro atoms. The summed E-state index contributed by atoms with van der Waals surface area (Å²) in [5, 5.41) is 0.485. The van der Waals surface area contributed by atoms with E-state index < -0.39 is 0 Å². The Morgan fingerprint density at radius 2 is 2.14 bits per heavy atom. The van der Waals surface area contributed by atoms with E-state index >= 15 is 0 Å². The number of rotatable bonds is 2. The van der Waals surface area contributed by atoms with Gasteiger partial charge in [-0.05, 0) is 25.0 Å². The molecule has 0 aromatic carbocycles. The van der Waals surface area contributed by atoms with Crippen molar-refractivity contribution in [2.75, 3.05) is 0 Å². The van der Waals surface area contributed by atoms with Crippen LogP contribution < -0.4 is 0 Å². The third kappa shape index (κ3) is 2.58. The van der Waals surface area contributed by atoms with Gasteiger partial charge in [-0.25, -0.2) is 0 Å². The summed E-state index contributed by atoms with van der Waals surface area (Å²) in [4.78, 5) is 16.4. The molecule has 1 aromatic rings. The molecule has 2 rings (SSSR count). The lowest BCUT2D eigenvalue weighted by Crippen LogP contribution is -2.16. The molecule has 74 valence electrons. The maximum atomic E-state index is 11.2. The molecule has 2 nitrogen and oxygen atoms in total. The minimum Gasteiger partial charge on any atom is -0.300 e. The van der Waals surface area contributed by atoms with E-state index in [1.807, 2.05) is 23.9 Å². The van der Waals surface area contributed by atoms with Crippen LogP contribution in [-0.4, -0.2) is 16.0 Å². The van der Waals surface area contributed by atoms with Crippen LogP contribution in [0.3, 0.4) is 0 Å². The Morgan fingerprint density at radius 1 is 1.36 bits per heavy atom. The molecule has 1 unspecified atom stereocenters. The van der Waals surface area contributed by atoms with Crippen molar-refractivity contribution in [3.63, 3.8) is 0 Å². The number of Topliss-reactive ketones (excluding diaryl/α,β-unsaturated/α-hetero) is 1. The fraction of sp³-hybridized carbons (Fsp3) is 0.455. The molecule has 1 fully saturated rings. The molecule has 0 N–H and O–H groups in total. The van der Waals surface area contributed by atoms with Gasteiger partial charge in [-0.1, -0.05) is 0 Å². The van der Waals surface area contributed by atoms with Crippen molar-refractivity contribution >= 4 is 17.5 Å². The van der Waals surface area contributed by atoms with E-state index in [1.54, 1.807) is 12.4 Å². The molecule has 1 heterocycles. The number of ketones is 1. The molecule has 0 saturated heterocycles. The van der Waals surface area contributed by atoms with E-state index in [-0.39, 0.29) is 0 Å². The largest absolute Gasteiger partial charge is 0.300 e. The van der Waals surface area contributed by atoms with Crippen molar-refractivity contribution in [3.8, 4) is 0 Å². The Labute approximate surface area is 88.1 Å². The van der Waals surface area contributed by atoms with Gasteiger partial charge in [0.15, 0.2) is 0 Å². The Kier molecular flexibility index (Phi) is 3.19. The summed E-state index contributed by atoms with van der Waals surface area (Å²) in [6.45, 7) is 0. The minimum absolute atomic E-state index is 0.419. The van der Waals surface area contributed by atoms with Gasteiger partial charge in [0.2, 0.25) is 0 Å². The van der Waals surface area contributed by atoms with E-state index in [1.165, 1.54) is 11.3 Å². The minimum atomic E-state index is 0.419. The molecule has 14 heavy (non-hydrogen) atoms. The molecule has 0 amide bonds. The van der Waals surface area contributed by atoms with E-state index in [9.17, 15) is 4.79 Å². The van der Waals surface area contributed by atoms with Gasteiger partial charge in [0, 0.05) is 35.4 Å². The first-order chi connectivity index (χ1) is 6.84. The van der Waals surface area contributed by atoms with Crippen LogP contribution in [0, 0.1) is 0 Å². The van der Waals surface area contributed by atoms with E-state index in [0.717, 1.165) is 19.3 Å². The van der Waals surface area contributed by atoms with Gasteiger partial charge >= 0.3 is 0 Å². The van der Waals surface area contributed by atoms with Gasteiger partial charge in [0.05, 0.1) is 0 Å². The van der Waals surface area contributed by atoms with Crippen LogP contribution >= 0.6 is 11.8 Å². The molecular formula is C11H13NOS. The number of hydrogen-bond donors (Lipinski definition) is 0. The molecule has 1 aliphatic carbocycles. The number of aromatic nitrogens is 1. The number of thioether (sulfide) groups is 1. The van der Waals surface area contributed by atoms with Crippen molar-refractivity contribution in [3.05, 3.63) is 24.5 Å². The van der Waals surface area contributed by atoms with Crippen LogP contribution in [-0.2, 0) is 4.79 Å². The van der Waals surface area contributed by atoms with Crippen molar-refractivity contribution in [2.45, 2.75) is 35.8 Å². The average Bonchev–Trinajstić information content (AvgIpc) is 2.19. The van der Waals surface area contributed by atoms with E-state index in [4.69, 9.17) is 0 Å². The van der Waals surface area contributed by atoms with Crippen LogP contribution in [0.15, 0.2) is 29.4 Å². The van der Waals surface area contributed by atoms with Gasteiger partial charge in [-0.3, -0.25) is 9.78 Å².